The number of aryl methyl sites for hydroxylation is 1. The van der Waals surface area contributed by atoms with Crippen LogP contribution >= 0.6 is 15.9 Å². The highest BCUT2D eigenvalue weighted by molar-refractivity contribution is 9.10. The van der Waals surface area contributed by atoms with Crippen LogP contribution in [0.25, 0.3) is 0 Å². The predicted octanol–water partition coefficient (Wildman–Crippen LogP) is 3.55. The molecule has 0 saturated heterocycles. The maximum absolute atomic E-state index is 14.0. The average Bonchev–Trinajstić information content (AvgIpc) is 2.19. The molecule has 0 spiro atoms. The Morgan fingerprint density at radius 3 is 2.62 bits per heavy atom. The normalized spacial score (nSPS) is 17.6. The van der Waals surface area contributed by atoms with Crippen LogP contribution in [-0.4, -0.2) is 5.11 Å². The molecule has 1 aliphatic rings. The lowest BCUT2D eigenvalue weighted by atomic mass is 9.65. The maximum Gasteiger partial charge on any atom is 0.137 e. The van der Waals surface area contributed by atoms with Crippen LogP contribution in [-0.2, 0) is 5.41 Å². The number of benzene rings is 1. The van der Waals surface area contributed by atoms with E-state index in [4.69, 9.17) is 0 Å². The van der Waals surface area contributed by atoms with Gasteiger partial charge in [-0.1, -0.05) is 0 Å². The number of rotatable bonds is 1. The summed E-state index contributed by atoms with van der Waals surface area (Å²) in [6, 6.07) is 3.67. The van der Waals surface area contributed by atoms with Gasteiger partial charge in [-0.15, -0.1) is 0 Å². The third-order valence-electron chi connectivity index (χ3n) is 3.27. The van der Waals surface area contributed by atoms with Gasteiger partial charge >= 0.3 is 0 Å². The van der Waals surface area contributed by atoms with Gasteiger partial charge < -0.3 is 5.11 Å². The van der Waals surface area contributed by atoms with Crippen LogP contribution in [0, 0.1) is 24.1 Å². The minimum Gasteiger partial charge on any atom is -0.506 e. The lowest BCUT2D eigenvalue weighted by Gasteiger charge is -2.36. The molecule has 4 heteroatoms. The van der Waals surface area contributed by atoms with Gasteiger partial charge in [-0.05, 0) is 53.7 Å². The molecule has 1 fully saturated rings. The lowest BCUT2D eigenvalue weighted by Crippen LogP contribution is -2.33. The van der Waals surface area contributed by atoms with E-state index in [1.807, 2.05) is 0 Å². The Kier molecular flexibility index (Phi) is 2.67. The van der Waals surface area contributed by atoms with Crippen LogP contribution in [0.3, 0.4) is 0 Å². The van der Waals surface area contributed by atoms with E-state index in [-0.39, 0.29) is 11.3 Å². The van der Waals surface area contributed by atoms with Gasteiger partial charge in [-0.3, -0.25) is 0 Å². The Labute approximate surface area is 102 Å². The first kappa shape index (κ1) is 11.4. The summed E-state index contributed by atoms with van der Waals surface area (Å²) < 4.78 is 14.5. The van der Waals surface area contributed by atoms with E-state index in [1.165, 1.54) is 6.07 Å². The van der Waals surface area contributed by atoms with Crippen molar-refractivity contribution in [3.8, 4) is 11.8 Å². The van der Waals surface area contributed by atoms with Crippen molar-refractivity contribution in [3.63, 3.8) is 0 Å². The van der Waals surface area contributed by atoms with E-state index in [0.717, 1.165) is 6.42 Å². The molecule has 1 aromatic rings. The minimum atomic E-state index is -0.831. The fourth-order valence-electron chi connectivity index (χ4n) is 2.13. The molecule has 1 aromatic carbocycles. The Morgan fingerprint density at radius 1 is 1.56 bits per heavy atom. The Balaban J connectivity index is 2.69. The summed E-state index contributed by atoms with van der Waals surface area (Å²) in [7, 11) is 0. The molecule has 0 unspecified atom stereocenters. The Hall–Kier alpha value is -1.08. The zero-order chi connectivity index (χ0) is 11.9. The van der Waals surface area contributed by atoms with Crippen molar-refractivity contribution in [2.45, 2.75) is 31.6 Å². The lowest BCUT2D eigenvalue weighted by molar-refractivity contribution is 0.298. The summed E-state index contributed by atoms with van der Waals surface area (Å²) in [5, 5.41) is 19.1. The van der Waals surface area contributed by atoms with E-state index < -0.39 is 11.2 Å². The number of aromatic hydroxyl groups is 1. The third-order valence-corrected chi connectivity index (χ3v) is 3.88. The van der Waals surface area contributed by atoms with E-state index in [1.54, 1.807) is 6.92 Å². The summed E-state index contributed by atoms with van der Waals surface area (Å²) in [4.78, 5) is 0. The molecule has 16 heavy (non-hydrogen) atoms. The topological polar surface area (TPSA) is 44.0 Å². The van der Waals surface area contributed by atoms with Crippen LogP contribution in [0.5, 0.6) is 5.75 Å². The van der Waals surface area contributed by atoms with Crippen molar-refractivity contribution in [3.05, 3.63) is 27.5 Å². The first-order valence-electron chi connectivity index (χ1n) is 5.11. The van der Waals surface area contributed by atoms with Gasteiger partial charge in [0.05, 0.1) is 21.5 Å². The molecule has 1 aliphatic carbocycles. The molecule has 0 heterocycles. The number of hydrogen-bond donors (Lipinski definition) is 1. The number of phenolic OH excluding ortho intramolecular Hbond substituents is 1. The molecule has 0 aromatic heterocycles. The van der Waals surface area contributed by atoms with Gasteiger partial charge in [0.2, 0.25) is 0 Å². The van der Waals surface area contributed by atoms with Crippen LogP contribution < -0.4 is 0 Å². The zero-order valence-electron chi connectivity index (χ0n) is 8.85. The number of hydrogen-bond acceptors (Lipinski definition) is 2. The zero-order valence-corrected chi connectivity index (χ0v) is 10.4. The van der Waals surface area contributed by atoms with E-state index in [0.29, 0.717) is 22.9 Å². The van der Waals surface area contributed by atoms with Crippen molar-refractivity contribution in [2.75, 3.05) is 0 Å². The van der Waals surface area contributed by atoms with Gasteiger partial charge in [-0.2, -0.15) is 5.26 Å². The van der Waals surface area contributed by atoms with E-state index in [9.17, 15) is 14.8 Å². The van der Waals surface area contributed by atoms with E-state index >= 15 is 0 Å². The van der Waals surface area contributed by atoms with Crippen molar-refractivity contribution in [1.29, 1.82) is 5.26 Å². The Morgan fingerprint density at radius 2 is 2.19 bits per heavy atom. The summed E-state index contributed by atoms with van der Waals surface area (Å²) in [5.41, 5.74) is -0.225. The first-order chi connectivity index (χ1) is 7.52. The summed E-state index contributed by atoms with van der Waals surface area (Å²) in [6.07, 6.45) is 2.13. The fourth-order valence-corrected chi connectivity index (χ4v) is 2.67. The molecule has 0 bridgehead atoms. The summed E-state index contributed by atoms with van der Waals surface area (Å²) >= 11 is 3.18. The van der Waals surface area contributed by atoms with Gasteiger partial charge in [0.1, 0.15) is 11.6 Å². The molecule has 0 radical (unpaired) electrons. The fraction of sp³-hybridized carbons (Fsp3) is 0.417. The highest BCUT2D eigenvalue weighted by Crippen LogP contribution is 2.49. The van der Waals surface area contributed by atoms with Gasteiger partial charge in [0, 0.05) is 0 Å². The minimum absolute atomic E-state index is 0.135. The van der Waals surface area contributed by atoms with E-state index in [2.05, 4.69) is 22.0 Å². The molecule has 0 amide bonds. The molecule has 2 nitrogen and oxygen atoms in total. The maximum atomic E-state index is 14.0. The first-order valence-corrected chi connectivity index (χ1v) is 5.90. The number of halogens is 2. The SMILES string of the molecule is Cc1cc(Br)c(O)c(C2(C#N)CCC2)c1F. The molecule has 0 aliphatic heterocycles. The van der Waals surface area contributed by atoms with Crippen LogP contribution in [0.2, 0.25) is 0 Å². The van der Waals surface area contributed by atoms with Crippen molar-refractivity contribution in [2.24, 2.45) is 0 Å². The molecule has 84 valence electrons. The quantitative estimate of drug-likeness (QED) is 0.857. The van der Waals surface area contributed by atoms with Crippen LogP contribution in [0.15, 0.2) is 10.5 Å². The molecule has 0 atom stereocenters. The molecule has 2 rings (SSSR count). The molecular weight excluding hydrogens is 273 g/mol. The summed E-state index contributed by atoms with van der Waals surface area (Å²) in [6.45, 7) is 1.63. The second-order valence-corrected chi connectivity index (χ2v) is 5.11. The Bertz CT molecular complexity index is 463. The van der Waals surface area contributed by atoms with Crippen LogP contribution in [0.1, 0.15) is 30.4 Å². The second kappa shape index (κ2) is 3.74. The number of phenols is 1. The van der Waals surface area contributed by atoms with Crippen molar-refractivity contribution < 1.29 is 9.50 Å². The van der Waals surface area contributed by atoms with Gasteiger partial charge in [0.15, 0.2) is 0 Å². The number of nitriles is 1. The highest BCUT2D eigenvalue weighted by Gasteiger charge is 2.44. The van der Waals surface area contributed by atoms with Crippen LogP contribution in [0.4, 0.5) is 4.39 Å². The average molecular weight is 284 g/mol. The van der Waals surface area contributed by atoms with Gasteiger partial charge in [-0.25, -0.2) is 4.39 Å². The predicted molar refractivity (Wildman–Crippen MR) is 61.6 cm³/mol. The van der Waals surface area contributed by atoms with Crippen molar-refractivity contribution >= 4 is 15.9 Å². The smallest absolute Gasteiger partial charge is 0.137 e. The largest absolute Gasteiger partial charge is 0.506 e. The molecular formula is C12H11BrFNO. The standard InChI is InChI=1S/C12H11BrFNO/c1-7-5-8(13)11(16)9(10(7)14)12(6-15)3-2-4-12/h5,16H,2-4H2,1H3. The van der Waals surface area contributed by atoms with Crippen molar-refractivity contribution in [1.82, 2.24) is 0 Å². The molecule has 1 N–H and O–H groups in total. The van der Waals surface area contributed by atoms with Gasteiger partial charge in [0.25, 0.3) is 0 Å². The molecule has 1 saturated carbocycles. The summed E-state index contributed by atoms with van der Waals surface area (Å²) in [5.74, 6) is -0.591. The number of nitrogens with zero attached hydrogens (tertiary/aromatic N) is 1. The second-order valence-electron chi connectivity index (χ2n) is 4.26. The monoisotopic (exact) mass is 283 g/mol. The third kappa shape index (κ3) is 1.42. The highest BCUT2D eigenvalue weighted by atomic mass is 79.9.